The lowest BCUT2D eigenvalue weighted by atomic mass is 9.89. The molecule has 0 saturated carbocycles. The van der Waals surface area contributed by atoms with Gasteiger partial charge in [0.15, 0.2) is 6.61 Å². The number of carbonyl (C=O) groups is 2. The van der Waals surface area contributed by atoms with Crippen LogP contribution < -0.4 is 10.1 Å². The molecule has 0 aliphatic carbocycles. The lowest BCUT2D eigenvalue weighted by Gasteiger charge is -2.26. The van der Waals surface area contributed by atoms with E-state index in [2.05, 4.69) is 5.32 Å². The zero-order chi connectivity index (χ0) is 17.3. The van der Waals surface area contributed by atoms with Crippen molar-refractivity contribution in [3.05, 3.63) is 24.3 Å². The van der Waals surface area contributed by atoms with Crippen molar-refractivity contribution < 1.29 is 24.5 Å². The first-order valence-corrected chi connectivity index (χ1v) is 7.85. The standard InChI is InChI=1S/C17H25NO5/c1-3-9-17(22,10-4-2)11-15(19)18-13-5-7-14(8-6-13)23-12-16(20)21/h5-8,22H,3-4,9-12H2,1-2H3,(H,18,19)(H,20,21). The fourth-order valence-corrected chi connectivity index (χ4v) is 2.52. The van der Waals surface area contributed by atoms with Gasteiger partial charge in [-0.25, -0.2) is 4.79 Å². The highest BCUT2D eigenvalue weighted by atomic mass is 16.5. The van der Waals surface area contributed by atoms with Gasteiger partial charge in [0.1, 0.15) is 5.75 Å². The molecule has 0 fully saturated rings. The third-order valence-electron chi connectivity index (χ3n) is 3.42. The van der Waals surface area contributed by atoms with Crippen LogP contribution in [0.3, 0.4) is 0 Å². The van der Waals surface area contributed by atoms with E-state index in [0.29, 0.717) is 24.3 Å². The van der Waals surface area contributed by atoms with Crippen LogP contribution in [0.1, 0.15) is 46.0 Å². The minimum atomic E-state index is -1.05. The van der Waals surface area contributed by atoms with E-state index in [0.717, 1.165) is 12.8 Å². The first kappa shape index (κ1) is 19.0. The molecule has 0 aromatic heterocycles. The maximum Gasteiger partial charge on any atom is 0.341 e. The summed E-state index contributed by atoms with van der Waals surface area (Å²) in [6.45, 7) is 3.55. The summed E-state index contributed by atoms with van der Waals surface area (Å²) >= 11 is 0. The Hall–Kier alpha value is -2.08. The third kappa shape index (κ3) is 7.15. The average Bonchev–Trinajstić information content (AvgIpc) is 2.46. The Morgan fingerprint density at radius 3 is 2.17 bits per heavy atom. The van der Waals surface area contributed by atoms with Gasteiger partial charge in [0, 0.05) is 5.69 Å². The van der Waals surface area contributed by atoms with E-state index in [9.17, 15) is 14.7 Å². The molecule has 1 amide bonds. The molecule has 6 heteroatoms. The monoisotopic (exact) mass is 323 g/mol. The molecule has 6 nitrogen and oxygen atoms in total. The van der Waals surface area contributed by atoms with Crippen LogP contribution in [0.4, 0.5) is 5.69 Å². The zero-order valence-corrected chi connectivity index (χ0v) is 13.7. The van der Waals surface area contributed by atoms with Crippen molar-refractivity contribution >= 4 is 17.6 Å². The Morgan fingerprint density at radius 2 is 1.70 bits per heavy atom. The molecule has 0 saturated heterocycles. The van der Waals surface area contributed by atoms with E-state index >= 15 is 0 Å². The van der Waals surface area contributed by atoms with Gasteiger partial charge >= 0.3 is 5.97 Å². The number of rotatable bonds is 10. The summed E-state index contributed by atoms with van der Waals surface area (Å²) in [6.07, 6.45) is 2.89. The van der Waals surface area contributed by atoms with Crippen molar-refractivity contribution in [3.63, 3.8) is 0 Å². The van der Waals surface area contributed by atoms with Gasteiger partial charge in [-0.2, -0.15) is 0 Å². The number of carboxylic acid groups (broad SMARTS) is 1. The van der Waals surface area contributed by atoms with Crippen molar-refractivity contribution in [1.82, 2.24) is 0 Å². The van der Waals surface area contributed by atoms with Crippen LogP contribution in [0.25, 0.3) is 0 Å². The smallest absolute Gasteiger partial charge is 0.341 e. The fourth-order valence-electron chi connectivity index (χ4n) is 2.52. The first-order valence-electron chi connectivity index (χ1n) is 7.85. The number of aliphatic carboxylic acids is 1. The average molecular weight is 323 g/mol. The quantitative estimate of drug-likeness (QED) is 0.615. The summed E-state index contributed by atoms with van der Waals surface area (Å²) in [5.41, 5.74) is -0.383. The Labute approximate surface area is 136 Å². The van der Waals surface area contributed by atoms with Gasteiger partial charge < -0.3 is 20.3 Å². The van der Waals surface area contributed by atoms with Crippen LogP contribution in [-0.2, 0) is 9.59 Å². The molecule has 0 bridgehead atoms. The highest BCUT2D eigenvalue weighted by Crippen LogP contribution is 2.24. The fraction of sp³-hybridized carbons (Fsp3) is 0.529. The zero-order valence-electron chi connectivity index (χ0n) is 13.7. The van der Waals surface area contributed by atoms with E-state index in [-0.39, 0.29) is 12.3 Å². The van der Waals surface area contributed by atoms with E-state index in [1.807, 2.05) is 13.8 Å². The van der Waals surface area contributed by atoms with E-state index in [4.69, 9.17) is 9.84 Å². The molecular weight excluding hydrogens is 298 g/mol. The van der Waals surface area contributed by atoms with Crippen LogP contribution in [0.2, 0.25) is 0 Å². The molecule has 1 aromatic carbocycles. The topological polar surface area (TPSA) is 95.9 Å². The molecule has 0 aliphatic rings. The first-order chi connectivity index (χ1) is 10.9. The predicted molar refractivity (Wildman–Crippen MR) is 87.6 cm³/mol. The Kier molecular flexibility index (Phi) is 7.54. The van der Waals surface area contributed by atoms with Crippen LogP contribution >= 0.6 is 0 Å². The van der Waals surface area contributed by atoms with Gasteiger partial charge in [-0.15, -0.1) is 0 Å². The van der Waals surface area contributed by atoms with Crippen molar-refractivity contribution in [2.45, 2.75) is 51.6 Å². The number of amides is 1. The second-order valence-corrected chi connectivity index (χ2v) is 5.66. The second kappa shape index (κ2) is 9.15. The normalized spacial score (nSPS) is 11.1. The Morgan fingerprint density at radius 1 is 1.13 bits per heavy atom. The number of carboxylic acids is 1. The van der Waals surface area contributed by atoms with Crippen LogP contribution in [0.5, 0.6) is 5.75 Å². The largest absolute Gasteiger partial charge is 0.482 e. The molecule has 0 aliphatic heterocycles. The number of carbonyl (C=O) groups excluding carboxylic acids is 1. The minimum Gasteiger partial charge on any atom is -0.482 e. The minimum absolute atomic E-state index is 0.0615. The summed E-state index contributed by atoms with van der Waals surface area (Å²) in [5, 5.41) is 21.8. The van der Waals surface area contributed by atoms with Gasteiger partial charge in [0.05, 0.1) is 12.0 Å². The highest BCUT2D eigenvalue weighted by Gasteiger charge is 2.28. The molecule has 23 heavy (non-hydrogen) atoms. The van der Waals surface area contributed by atoms with Crippen molar-refractivity contribution in [2.24, 2.45) is 0 Å². The molecule has 1 aromatic rings. The number of anilines is 1. The number of hydrogen-bond acceptors (Lipinski definition) is 4. The molecule has 1 rings (SSSR count). The van der Waals surface area contributed by atoms with Crippen LogP contribution in [0, 0.1) is 0 Å². The molecule has 3 N–H and O–H groups in total. The lowest BCUT2D eigenvalue weighted by molar-refractivity contribution is -0.139. The third-order valence-corrected chi connectivity index (χ3v) is 3.42. The molecule has 0 atom stereocenters. The summed E-state index contributed by atoms with van der Waals surface area (Å²) in [4.78, 5) is 22.5. The number of aliphatic hydroxyl groups is 1. The summed E-state index contributed by atoms with van der Waals surface area (Å²) in [7, 11) is 0. The SMILES string of the molecule is CCCC(O)(CCC)CC(=O)Nc1ccc(OCC(=O)O)cc1. The highest BCUT2D eigenvalue weighted by molar-refractivity contribution is 5.91. The number of benzene rings is 1. The molecule has 0 unspecified atom stereocenters. The molecular formula is C17H25NO5. The summed E-state index contributed by atoms with van der Waals surface area (Å²) in [5.74, 6) is -0.874. The second-order valence-electron chi connectivity index (χ2n) is 5.66. The lowest BCUT2D eigenvalue weighted by Crippen LogP contribution is -2.33. The van der Waals surface area contributed by atoms with Gasteiger partial charge in [-0.05, 0) is 37.1 Å². The van der Waals surface area contributed by atoms with Gasteiger partial charge in [-0.1, -0.05) is 26.7 Å². The van der Waals surface area contributed by atoms with Gasteiger partial charge in [-0.3, -0.25) is 4.79 Å². The maximum absolute atomic E-state index is 12.1. The molecule has 0 spiro atoms. The van der Waals surface area contributed by atoms with Crippen LogP contribution in [-0.4, -0.2) is 34.3 Å². The molecule has 128 valence electrons. The Bertz CT molecular complexity index is 506. The summed E-state index contributed by atoms with van der Waals surface area (Å²) < 4.78 is 5.02. The van der Waals surface area contributed by atoms with Crippen LogP contribution in [0.15, 0.2) is 24.3 Å². The van der Waals surface area contributed by atoms with Crippen molar-refractivity contribution in [2.75, 3.05) is 11.9 Å². The number of hydrogen-bond donors (Lipinski definition) is 3. The molecule has 0 radical (unpaired) electrons. The van der Waals surface area contributed by atoms with Gasteiger partial charge in [0.25, 0.3) is 0 Å². The number of nitrogens with one attached hydrogen (secondary N) is 1. The van der Waals surface area contributed by atoms with Crippen molar-refractivity contribution in [1.29, 1.82) is 0 Å². The predicted octanol–water partition coefficient (Wildman–Crippen LogP) is 2.81. The molecule has 0 heterocycles. The van der Waals surface area contributed by atoms with E-state index in [1.165, 1.54) is 0 Å². The number of ether oxygens (including phenoxy) is 1. The van der Waals surface area contributed by atoms with E-state index in [1.54, 1.807) is 24.3 Å². The van der Waals surface area contributed by atoms with Crippen molar-refractivity contribution in [3.8, 4) is 5.75 Å². The Balaban J connectivity index is 2.57. The maximum atomic E-state index is 12.1. The van der Waals surface area contributed by atoms with Gasteiger partial charge in [0.2, 0.25) is 5.91 Å². The van der Waals surface area contributed by atoms with E-state index < -0.39 is 18.2 Å². The summed E-state index contributed by atoms with van der Waals surface area (Å²) in [6, 6.07) is 6.44.